The predicted molar refractivity (Wildman–Crippen MR) is 133 cm³/mol. The number of hydrogen-bond donors (Lipinski definition) is 0. The molecule has 3 rings (SSSR count). The van der Waals surface area contributed by atoms with Gasteiger partial charge in [0.25, 0.3) is 0 Å². The van der Waals surface area contributed by atoms with E-state index >= 15 is 0 Å². The first-order chi connectivity index (χ1) is 17.0. The first-order valence-corrected chi connectivity index (χ1v) is 13.2. The van der Waals surface area contributed by atoms with Gasteiger partial charge in [-0.1, -0.05) is 13.8 Å². The van der Waals surface area contributed by atoms with E-state index in [9.17, 15) is 19.2 Å². The summed E-state index contributed by atoms with van der Waals surface area (Å²) in [6, 6.07) is 0.380. The lowest BCUT2D eigenvalue weighted by Crippen LogP contribution is -2.30. The monoisotopic (exact) mass is 484 g/mol. The van der Waals surface area contributed by atoms with Crippen molar-refractivity contribution in [3.63, 3.8) is 0 Å². The van der Waals surface area contributed by atoms with Gasteiger partial charge < -0.3 is 0 Å². The summed E-state index contributed by atoms with van der Waals surface area (Å²) in [6.45, 7) is 5.62. The Bertz CT molecular complexity index is 762. The van der Waals surface area contributed by atoms with Gasteiger partial charge in [-0.3, -0.25) is 0 Å². The second-order valence-corrected chi connectivity index (χ2v) is 10.9. The van der Waals surface area contributed by atoms with Crippen LogP contribution in [0.2, 0.25) is 0 Å². The third kappa shape index (κ3) is 10.3. The maximum absolute atomic E-state index is 10.4. The van der Waals surface area contributed by atoms with E-state index in [0.717, 1.165) is 50.4 Å². The van der Waals surface area contributed by atoms with Crippen LogP contribution in [0.25, 0.3) is 0 Å². The van der Waals surface area contributed by atoms with E-state index in [-0.39, 0.29) is 12.1 Å². The molecule has 0 aromatic rings. The van der Waals surface area contributed by atoms with Crippen molar-refractivity contribution in [1.29, 1.82) is 0 Å². The highest BCUT2D eigenvalue weighted by molar-refractivity contribution is 5.34. The highest BCUT2D eigenvalue weighted by Crippen LogP contribution is 2.40. The highest BCUT2D eigenvalue weighted by atomic mass is 16.1. The molecular formula is C27H40N4O4. The highest BCUT2D eigenvalue weighted by Gasteiger charge is 2.32. The molecule has 8 nitrogen and oxygen atoms in total. The van der Waals surface area contributed by atoms with Crippen molar-refractivity contribution in [2.24, 2.45) is 55.5 Å². The summed E-state index contributed by atoms with van der Waals surface area (Å²) in [4.78, 5) is 55.7. The van der Waals surface area contributed by atoms with Crippen LogP contribution in [0.1, 0.15) is 84.5 Å². The summed E-state index contributed by atoms with van der Waals surface area (Å²) in [5.41, 5.74) is 0. The van der Waals surface area contributed by atoms with Gasteiger partial charge in [-0.05, 0) is 106 Å². The minimum Gasteiger partial charge on any atom is -0.211 e. The van der Waals surface area contributed by atoms with E-state index in [4.69, 9.17) is 0 Å². The van der Waals surface area contributed by atoms with Crippen LogP contribution in [-0.2, 0) is 19.2 Å². The Labute approximate surface area is 208 Å². The zero-order valence-electron chi connectivity index (χ0n) is 21.2. The van der Waals surface area contributed by atoms with E-state index < -0.39 is 0 Å². The van der Waals surface area contributed by atoms with Crippen molar-refractivity contribution in [1.82, 2.24) is 0 Å². The Morgan fingerprint density at radius 3 is 1.23 bits per heavy atom. The summed E-state index contributed by atoms with van der Waals surface area (Å²) < 4.78 is 0. The molecule has 192 valence electrons. The van der Waals surface area contributed by atoms with Gasteiger partial charge in [0.05, 0.1) is 25.2 Å². The quantitative estimate of drug-likeness (QED) is 0.351. The van der Waals surface area contributed by atoms with Crippen LogP contribution in [0.15, 0.2) is 20.0 Å². The zero-order valence-corrected chi connectivity index (χ0v) is 21.2. The largest absolute Gasteiger partial charge is 0.235 e. The van der Waals surface area contributed by atoms with E-state index in [1.807, 2.05) is 0 Å². The topological polar surface area (TPSA) is 118 Å². The smallest absolute Gasteiger partial charge is 0.211 e. The zero-order chi connectivity index (χ0) is 25.5. The summed E-state index contributed by atoms with van der Waals surface area (Å²) in [5.74, 6) is 3.57. The van der Waals surface area contributed by atoms with Crippen molar-refractivity contribution in [2.45, 2.75) is 96.6 Å². The van der Waals surface area contributed by atoms with Crippen LogP contribution in [0.3, 0.4) is 0 Å². The van der Waals surface area contributed by atoms with Crippen LogP contribution in [0, 0.1) is 35.5 Å². The molecule has 35 heavy (non-hydrogen) atoms. The number of nitrogens with zero attached hydrogens (tertiary/aromatic N) is 4. The minimum atomic E-state index is 0.190. The second-order valence-electron chi connectivity index (χ2n) is 10.9. The lowest BCUT2D eigenvalue weighted by Gasteiger charge is -2.36. The van der Waals surface area contributed by atoms with Crippen LogP contribution in [0.4, 0.5) is 0 Å². The fourth-order valence-corrected chi connectivity index (χ4v) is 6.33. The van der Waals surface area contributed by atoms with Crippen molar-refractivity contribution in [3.8, 4) is 0 Å². The minimum absolute atomic E-state index is 0.190. The van der Waals surface area contributed by atoms with Gasteiger partial charge in [-0.15, -0.1) is 0 Å². The van der Waals surface area contributed by atoms with Crippen LogP contribution in [0.5, 0.6) is 0 Å². The maximum Gasteiger partial charge on any atom is 0.235 e. The Morgan fingerprint density at radius 1 is 0.543 bits per heavy atom. The van der Waals surface area contributed by atoms with Crippen molar-refractivity contribution in [3.05, 3.63) is 0 Å². The molecule has 3 aliphatic carbocycles. The molecule has 0 aromatic carbocycles. The number of hydrogen-bond acceptors (Lipinski definition) is 8. The summed E-state index contributed by atoms with van der Waals surface area (Å²) >= 11 is 0. The van der Waals surface area contributed by atoms with Gasteiger partial charge in [0.15, 0.2) is 0 Å². The Balaban J connectivity index is 0.000000269. The van der Waals surface area contributed by atoms with E-state index in [0.29, 0.717) is 36.8 Å². The average Bonchev–Trinajstić information content (AvgIpc) is 2.86. The molecule has 3 fully saturated rings. The Hall–Kier alpha value is -2.48. The lowest BCUT2D eigenvalue weighted by molar-refractivity contribution is 0.169. The maximum atomic E-state index is 10.4. The normalized spacial score (nSPS) is 34.3. The van der Waals surface area contributed by atoms with Crippen LogP contribution < -0.4 is 0 Å². The Morgan fingerprint density at radius 2 is 0.914 bits per heavy atom. The van der Waals surface area contributed by atoms with Gasteiger partial charge in [0, 0.05) is 0 Å². The van der Waals surface area contributed by atoms with E-state index in [1.165, 1.54) is 32.1 Å². The SMILES string of the molecule is CC1CC(CC2CCC(N=C=O)C(C)C2)CCC1N=C=O.O=C=NCC1CCC(CN=C=O)CC1. The molecule has 0 heterocycles. The first kappa shape index (κ1) is 28.8. The van der Waals surface area contributed by atoms with Gasteiger partial charge in [-0.25, -0.2) is 39.1 Å². The fourth-order valence-electron chi connectivity index (χ4n) is 6.33. The molecule has 3 aliphatic rings. The molecule has 0 aliphatic heterocycles. The number of isocyanates is 4. The molecule has 0 bridgehead atoms. The Kier molecular flexibility index (Phi) is 13.3. The van der Waals surface area contributed by atoms with E-state index in [1.54, 1.807) is 24.3 Å². The van der Waals surface area contributed by atoms with Gasteiger partial charge in [0.2, 0.25) is 24.3 Å². The van der Waals surface area contributed by atoms with E-state index in [2.05, 4.69) is 33.8 Å². The predicted octanol–water partition coefficient (Wildman–Crippen LogP) is 5.12. The standard InChI is InChI=1S/C17H26N2O2.C10H14N2O2/c1-12-7-14(3-5-16(12)18-10-20)9-15-4-6-17(19-11-21)13(2)8-15;13-7-11-5-9-1-2-10(4-3-9)6-12-8-14/h12-17H,3-9H2,1-2H3;9-10H,1-6H2. The average molecular weight is 485 g/mol. The van der Waals surface area contributed by atoms with Gasteiger partial charge in [0.1, 0.15) is 0 Å². The number of aliphatic imine (C=N–C) groups is 4. The third-order valence-electron chi connectivity index (χ3n) is 8.36. The molecule has 0 N–H and O–H groups in total. The van der Waals surface area contributed by atoms with Crippen LogP contribution >= 0.6 is 0 Å². The lowest BCUT2D eigenvalue weighted by atomic mass is 9.71. The second kappa shape index (κ2) is 16.2. The summed E-state index contributed by atoms with van der Waals surface area (Å²) in [7, 11) is 0. The molecule has 8 heteroatoms. The first-order valence-electron chi connectivity index (χ1n) is 13.2. The van der Waals surface area contributed by atoms with Crippen molar-refractivity contribution < 1.29 is 19.2 Å². The summed E-state index contributed by atoms with van der Waals surface area (Å²) in [6.07, 6.45) is 18.9. The summed E-state index contributed by atoms with van der Waals surface area (Å²) in [5, 5.41) is 0. The number of carbonyl (C=O) groups excluding carboxylic acids is 4. The van der Waals surface area contributed by atoms with Crippen LogP contribution in [-0.4, -0.2) is 49.5 Å². The molecule has 0 aromatic heterocycles. The van der Waals surface area contributed by atoms with Crippen molar-refractivity contribution >= 4 is 24.3 Å². The van der Waals surface area contributed by atoms with Gasteiger partial charge in [-0.2, -0.15) is 0 Å². The molecule has 0 radical (unpaired) electrons. The molecule has 6 unspecified atom stereocenters. The van der Waals surface area contributed by atoms with Gasteiger partial charge >= 0.3 is 0 Å². The molecular weight excluding hydrogens is 444 g/mol. The third-order valence-corrected chi connectivity index (χ3v) is 8.36. The molecule has 0 saturated heterocycles. The fraction of sp³-hybridized carbons (Fsp3) is 0.852. The molecule has 3 saturated carbocycles. The molecule has 0 amide bonds. The number of rotatable bonds is 8. The molecule has 6 atom stereocenters. The molecule has 0 spiro atoms. The van der Waals surface area contributed by atoms with Crippen molar-refractivity contribution in [2.75, 3.05) is 13.1 Å².